The van der Waals surface area contributed by atoms with Gasteiger partial charge in [-0.25, -0.2) is 9.18 Å². The molecule has 0 saturated heterocycles. The zero-order valence-electron chi connectivity index (χ0n) is 11.1. The average molecular weight is 354 g/mol. The van der Waals surface area contributed by atoms with Crippen molar-refractivity contribution in [1.29, 1.82) is 0 Å². The van der Waals surface area contributed by atoms with Crippen LogP contribution in [0.25, 0.3) is 0 Å². The smallest absolute Gasteiger partial charge is 0.330 e. The van der Waals surface area contributed by atoms with Crippen LogP contribution >= 0.6 is 15.9 Å². The van der Waals surface area contributed by atoms with Gasteiger partial charge in [-0.1, -0.05) is 6.07 Å². The number of carboxylic acids is 1. The molecule has 1 unspecified atom stereocenters. The molecule has 0 heterocycles. The first-order valence-electron chi connectivity index (χ1n) is 6.09. The van der Waals surface area contributed by atoms with Gasteiger partial charge in [-0.3, -0.25) is 0 Å². The maximum absolute atomic E-state index is 13.6. The molecule has 0 aliphatic rings. The summed E-state index contributed by atoms with van der Waals surface area (Å²) < 4.78 is 18.9. The van der Waals surface area contributed by atoms with E-state index < -0.39 is 17.8 Å². The molecular weight excluding hydrogens is 341 g/mol. The standard InChI is InChI=1S/C15H13BrFNO3/c1-21-11-5-3-10(4-6-11)18-14(15(19)20)9-2-7-12(16)13(17)8-9/h2-8,14,18H,1H3,(H,19,20). The molecule has 0 radical (unpaired) electrons. The fourth-order valence-electron chi connectivity index (χ4n) is 1.83. The minimum absolute atomic E-state index is 0.292. The number of methoxy groups -OCH3 is 1. The van der Waals surface area contributed by atoms with Gasteiger partial charge in [0.25, 0.3) is 0 Å². The topological polar surface area (TPSA) is 58.6 Å². The van der Waals surface area contributed by atoms with Crippen LogP contribution in [0, 0.1) is 5.82 Å². The minimum Gasteiger partial charge on any atom is -0.497 e. The molecule has 0 bridgehead atoms. The second kappa shape index (κ2) is 6.58. The number of hydrogen-bond acceptors (Lipinski definition) is 3. The van der Waals surface area contributed by atoms with Crippen LogP contribution in [0.4, 0.5) is 10.1 Å². The zero-order chi connectivity index (χ0) is 15.4. The van der Waals surface area contributed by atoms with Crippen molar-refractivity contribution in [2.45, 2.75) is 6.04 Å². The number of ether oxygens (including phenoxy) is 1. The number of benzene rings is 2. The van der Waals surface area contributed by atoms with Crippen molar-refractivity contribution in [3.05, 3.63) is 58.3 Å². The summed E-state index contributed by atoms with van der Waals surface area (Å²) in [5.74, 6) is -0.926. The Balaban J connectivity index is 2.26. The van der Waals surface area contributed by atoms with Gasteiger partial charge in [0.2, 0.25) is 0 Å². The van der Waals surface area contributed by atoms with Crippen molar-refractivity contribution in [3.8, 4) is 5.75 Å². The van der Waals surface area contributed by atoms with Crippen LogP contribution in [-0.4, -0.2) is 18.2 Å². The molecule has 6 heteroatoms. The number of rotatable bonds is 5. The molecule has 2 aromatic rings. The number of carbonyl (C=O) groups is 1. The van der Waals surface area contributed by atoms with E-state index in [1.54, 1.807) is 37.4 Å². The van der Waals surface area contributed by atoms with E-state index in [0.29, 0.717) is 21.5 Å². The second-order valence-electron chi connectivity index (χ2n) is 4.32. The number of aliphatic carboxylic acids is 1. The summed E-state index contributed by atoms with van der Waals surface area (Å²) in [5, 5.41) is 12.2. The quantitative estimate of drug-likeness (QED) is 0.857. The molecule has 0 spiro atoms. The third kappa shape index (κ3) is 3.72. The normalized spacial score (nSPS) is 11.8. The summed E-state index contributed by atoms with van der Waals surface area (Å²) in [6.07, 6.45) is 0. The number of anilines is 1. The Labute approximate surface area is 129 Å². The molecule has 21 heavy (non-hydrogen) atoms. The van der Waals surface area contributed by atoms with Gasteiger partial charge in [0, 0.05) is 5.69 Å². The summed E-state index contributed by atoms with van der Waals surface area (Å²) >= 11 is 3.04. The molecule has 2 rings (SSSR count). The molecular formula is C15H13BrFNO3. The Kier molecular flexibility index (Phi) is 4.80. The van der Waals surface area contributed by atoms with Crippen molar-refractivity contribution < 1.29 is 19.0 Å². The van der Waals surface area contributed by atoms with E-state index in [4.69, 9.17) is 4.74 Å². The summed E-state index contributed by atoms with van der Waals surface area (Å²) in [4.78, 5) is 11.4. The lowest BCUT2D eigenvalue weighted by Crippen LogP contribution is -2.20. The third-order valence-corrected chi connectivity index (χ3v) is 3.57. The molecule has 2 aromatic carbocycles. The van der Waals surface area contributed by atoms with E-state index in [0.717, 1.165) is 0 Å². The lowest BCUT2D eigenvalue weighted by Gasteiger charge is -2.16. The van der Waals surface area contributed by atoms with Crippen molar-refractivity contribution in [1.82, 2.24) is 0 Å². The summed E-state index contributed by atoms with van der Waals surface area (Å²) in [6.45, 7) is 0. The molecule has 0 saturated carbocycles. The van der Waals surface area contributed by atoms with E-state index in [-0.39, 0.29) is 0 Å². The van der Waals surface area contributed by atoms with E-state index in [1.807, 2.05) is 0 Å². The van der Waals surface area contributed by atoms with Gasteiger partial charge >= 0.3 is 5.97 Å². The highest BCUT2D eigenvalue weighted by Crippen LogP contribution is 2.25. The molecule has 0 aliphatic heterocycles. The van der Waals surface area contributed by atoms with Gasteiger partial charge in [-0.05, 0) is 57.9 Å². The van der Waals surface area contributed by atoms with E-state index in [1.165, 1.54) is 12.1 Å². The van der Waals surface area contributed by atoms with Crippen LogP contribution in [-0.2, 0) is 4.79 Å². The predicted octanol–water partition coefficient (Wildman–Crippen LogP) is 3.83. The number of halogens is 2. The molecule has 0 aromatic heterocycles. The van der Waals surface area contributed by atoms with Crippen LogP contribution in [0.15, 0.2) is 46.9 Å². The number of nitrogens with one attached hydrogen (secondary N) is 1. The van der Waals surface area contributed by atoms with Gasteiger partial charge < -0.3 is 15.2 Å². The van der Waals surface area contributed by atoms with Crippen molar-refractivity contribution in [2.75, 3.05) is 12.4 Å². The van der Waals surface area contributed by atoms with Crippen molar-refractivity contribution in [2.24, 2.45) is 0 Å². The van der Waals surface area contributed by atoms with E-state index in [9.17, 15) is 14.3 Å². The van der Waals surface area contributed by atoms with Crippen molar-refractivity contribution >= 4 is 27.6 Å². The number of hydrogen-bond donors (Lipinski definition) is 2. The largest absolute Gasteiger partial charge is 0.497 e. The zero-order valence-corrected chi connectivity index (χ0v) is 12.7. The number of carboxylic acid groups (broad SMARTS) is 1. The van der Waals surface area contributed by atoms with Gasteiger partial charge in [0.1, 0.15) is 11.6 Å². The summed E-state index contributed by atoms with van der Waals surface area (Å²) in [7, 11) is 1.55. The lowest BCUT2D eigenvalue weighted by atomic mass is 10.1. The average Bonchev–Trinajstić information content (AvgIpc) is 2.48. The van der Waals surface area contributed by atoms with Crippen LogP contribution in [0.1, 0.15) is 11.6 Å². The molecule has 2 N–H and O–H groups in total. The first-order valence-corrected chi connectivity index (χ1v) is 6.89. The fraction of sp³-hybridized carbons (Fsp3) is 0.133. The first kappa shape index (κ1) is 15.3. The Morgan fingerprint density at radius 3 is 2.48 bits per heavy atom. The molecule has 110 valence electrons. The Morgan fingerprint density at radius 1 is 1.29 bits per heavy atom. The maximum atomic E-state index is 13.6. The van der Waals surface area contributed by atoms with Gasteiger partial charge in [0.05, 0.1) is 11.6 Å². The Hall–Kier alpha value is -2.08. The van der Waals surface area contributed by atoms with Crippen LogP contribution in [0.2, 0.25) is 0 Å². The van der Waals surface area contributed by atoms with Gasteiger partial charge in [-0.2, -0.15) is 0 Å². The van der Waals surface area contributed by atoms with Crippen LogP contribution in [0.5, 0.6) is 5.75 Å². The third-order valence-electron chi connectivity index (χ3n) is 2.92. The van der Waals surface area contributed by atoms with E-state index >= 15 is 0 Å². The van der Waals surface area contributed by atoms with Gasteiger partial charge in [-0.15, -0.1) is 0 Å². The van der Waals surface area contributed by atoms with E-state index in [2.05, 4.69) is 21.2 Å². The molecule has 1 atom stereocenters. The lowest BCUT2D eigenvalue weighted by molar-refractivity contribution is -0.138. The highest BCUT2D eigenvalue weighted by atomic mass is 79.9. The fourth-order valence-corrected chi connectivity index (χ4v) is 2.08. The maximum Gasteiger partial charge on any atom is 0.330 e. The Bertz CT molecular complexity index is 646. The minimum atomic E-state index is -1.09. The van der Waals surface area contributed by atoms with Gasteiger partial charge in [0.15, 0.2) is 6.04 Å². The summed E-state index contributed by atoms with van der Waals surface area (Å²) in [5.41, 5.74) is 0.936. The summed E-state index contributed by atoms with van der Waals surface area (Å²) in [6, 6.07) is 10.0. The molecule has 0 amide bonds. The second-order valence-corrected chi connectivity index (χ2v) is 5.17. The first-order chi connectivity index (χ1) is 10.0. The van der Waals surface area contributed by atoms with Crippen molar-refractivity contribution in [3.63, 3.8) is 0 Å². The molecule has 0 aliphatic carbocycles. The highest BCUT2D eigenvalue weighted by Gasteiger charge is 2.20. The highest BCUT2D eigenvalue weighted by molar-refractivity contribution is 9.10. The molecule has 4 nitrogen and oxygen atoms in total. The Morgan fingerprint density at radius 2 is 1.95 bits per heavy atom. The SMILES string of the molecule is COc1ccc(NC(C(=O)O)c2ccc(Br)c(F)c2)cc1. The molecule has 0 fully saturated rings. The van der Waals surface area contributed by atoms with Crippen LogP contribution in [0.3, 0.4) is 0 Å². The predicted molar refractivity (Wildman–Crippen MR) is 81.1 cm³/mol. The van der Waals surface area contributed by atoms with Crippen LogP contribution < -0.4 is 10.1 Å². The monoisotopic (exact) mass is 353 g/mol.